The second-order valence-electron chi connectivity index (χ2n) is 13.8. The van der Waals surface area contributed by atoms with Crippen LogP contribution in [-0.2, 0) is 0 Å². The normalized spacial score (nSPS) is 11.8. The summed E-state index contributed by atoms with van der Waals surface area (Å²) in [7, 11) is 0. The van der Waals surface area contributed by atoms with Gasteiger partial charge in [-0.1, -0.05) is 140 Å². The Morgan fingerprint density at radius 1 is 0.327 bits per heavy atom. The van der Waals surface area contributed by atoms with E-state index in [1.54, 1.807) is 0 Å². The number of nitrogens with zero attached hydrogens (tertiary/aromatic N) is 2. The largest absolute Gasteiger partial charge is 0.316 e. The molecular formula is C50H32N2. The Kier molecular flexibility index (Phi) is 6.28. The third-order valence-electron chi connectivity index (χ3n) is 10.9. The lowest BCUT2D eigenvalue weighted by Gasteiger charge is -2.13. The Hall–Kier alpha value is -6.90. The number of aromatic nitrogens is 2. The van der Waals surface area contributed by atoms with Crippen LogP contribution in [0, 0.1) is 0 Å². The van der Waals surface area contributed by atoms with Gasteiger partial charge in [0.05, 0.1) is 22.2 Å². The van der Waals surface area contributed by atoms with E-state index in [2.05, 4.69) is 203 Å². The molecule has 0 fully saturated rings. The number of fused-ring (bicyclic) bond motifs is 10. The Morgan fingerprint density at radius 3 is 1.73 bits per heavy atom. The molecule has 0 saturated carbocycles. The van der Waals surface area contributed by atoms with Crippen molar-refractivity contribution in [3.05, 3.63) is 194 Å². The molecule has 0 spiro atoms. The molecule has 0 saturated heterocycles. The summed E-state index contributed by atoms with van der Waals surface area (Å²) in [5.41, 5.74) is 10.9. The summed E-state index contributed by atoms with van der Waals surface area (Å²) in [5, 5.41) is 11.4. The van der Waals surface area contributed by atoms with E-state index in [4.69, 9.17) is 0 Å². The van der Waals surface area contributed by atoms with E-state index in [0.717, 1.165) is 5.69 Å². The minimum atomic E-state index is 1.16. The van der Waals surface area contributed by atoms with Gasteiger partial charge in [0.25, 0.3) is 0 Å². The molecule has 0 radical (unpaired) electrons. The smallest absolute Gasteiger partial charge is 0.0625 e. The average molecular weight is 661 g/mol. The van der Waals surface area contributed by atoms with Gasteiger partial charge in [-0.25, -0.2) is 0 Å². The predicted molar refractivity (Wildman–Crippen MR) is 221 cm³/mol. The van der Waals surface area contributed by atoms with Crippen LogP contribution < -0.4 is 0 Å². The molecule has 2 heterocycles. The zero-order valence-electron chi connectivity index (χ0n) is 28.4. The van der Waals surface area contributed by atoms with Crippen molar-refractivity contribution >= 4 is 65.0 Å². The number of hydrogen-bond donors (Lipinski definition) is 0. The van der Waals surface area contributed by atoms with Crippen molar-refractivity contribution in [2.75, 3.05) is 0 Å². The van der Waals surface area contributed by atoms with Gasteiger partial charge in [0, 0.05) is 38.8 Å². The molecule has 9 aromatic carbocycles. The molecule has 242 valence electrons. The highest BCUT2D eigenvalue weighted by atomic mass is 15.0. The molecular weight excluding hydrogens is 629 g/mol. The Morgan fingerprint density at radius 2 is 0.923 bits per heavy atom. The second kappa shape index (κ2) is 11.3. The molecule has 0 bridgehead atoms. The maximum atomic E-state index is 2.48. The fourth-order valence-corrected chi connectivity index (χ4v) is 8.51. The predicted octanol–water partition coefficient (Wildman–Crippen LogP) is 13.5. The van der Waals surface area contributed by atoms with E-state index < -0.39 is 0 Å². The molecule has 11 rings (SSSR count). The topological polar surface area (TPSA) is 9.86 Å². The van der Waals surface area contributed by atoms with Crippen LogP contribution in [0.25, 0.3) is 98.7 Å². The SMILES string of the molecule is c1ccc(-c2ccc(-n3c4ccc(-c5ccc6c(ccn6-c6cccc7ccccc67)c5)cc4c4c5ccccc5c5ccccc5c43)cc2)cc1. The minimum Gasteiger partial charge on any atom is -0.316 e. The van der Waals surface area contributed by atoms with Crippen molar-refractivity contribution in [1.29, 1.82) is 0 Å². The van der Waals surface area contributed by atoms with Crippen molar-refractivity contribution in [3.63, 3.8) is 0 Å². The van der Waals surface area contributed by atoms with Crippen molar-refractivity contribution in [1.82, 2.24) is 9.13 Å². The fraction of sp³-hybridized carbons (Fsp3) is 0. The highest BCUT2D eigenvalue weighted by Gasteiger charge is 2.20. The Bertz CT molecular complexity index is 3160. The first-order chi connectivity index (χ1) is 25.8. The monoisotopic (exact) mass is 660 g/mol. The number of hydrogen-bond acceptors (Lipinski definition) is 0. The van der Waals surface area contributed by atoms with Crippen molar-refractivity contribution in [2.45, 2.75) is 0 Å². The van der Waals surface area contributed by atoms with Gasteiger partial charge in [-0.2, -0.15) is 0 Å². The van der Waals surface area contributed by atoms with Gasteiger partial charge in [-0.15, -0.1) is 0 Å². The summed E-state index contributed by atoms with van der Waals surface area (Å²) in [4.78, 5) is 0. The Labute approximate surface area is 301 Å². The molecule has 11 aromatic rings. The van der Waals surface area contributed by atoms with Crippen LogP contribution in [0.5, 0.6) is 0 Å². The summed E-state index contributed by atoms with van der Waals surface area (Å²) in [6.45, 7) is 0. The lowest BCUT2D eigenvalue weighted by atomic mass is 9.95. The number of rotatable bonds is 4. The number of benzene rings is 9. The first kappa shape index (κ1) is 28.9. The molecule has 0 unspecified atom stereocenters. The van der Waals surface area contributed by atoms with Gasteiger partial charge >= 0.3 is 0 Å². The maximum Gasteiger partial charge on any atom is 0.0625 e. The molecule has 0 aliphatic carbocycles. The molecule has 0 atom stereocenters. The maximum absolute atomic E-state index is 2.48. The van der Waals surface area contributed by atoms with Crippen LogP contribution in [0.2, 0.25) is 0 Å². The van der Waals surface area contributed by atoms with Gasteiger partial charge in [0.15, 0.2) is 0 Å². The van der Waals surface area contributed by atoms with Gasteiger partial charge in [-0.05, 0) is 92.3 Å². The molecule has 2 aromatic heterocycles. The summed E-state index contributed by atoms with van der Waals surface area (Å²) in [6.07, 6.45) is 2.20. The van der Waals surface area contributed by atoms with Crippen LogP contribution in [0.1, 0.15) is 0 Å². The molecule has 0 amide bonds. The van der Waals surface area contributed by atoms with Crippen molar-refractivity contribution < 1.29 is 0 Å². The molecule has 2 nitrogen and oxygen atoms in total. The van der Waals surface area contributed by atoms with E-state index in [1.807, 2.05) is 0 Å². The van der Waals surface area contributed by atoms with Gasteiger partial charge in [-0.3, -0.25) is 0 Å². The summed E-state index contributed by atoms with van der Waals surface area (Å²) < 4.78 is 4.80. The van der Waals surface area contributed by atoms with Crippen LogP contribution in [0.3, 0.4) is 0 Å². The summed E-state index contributed by atoms with van der Waals surface area (Å²) in [5.74, 6) is 0. The van der Waals surface area contributed by atoms with Crippen LogP contribution in [-0.4, -0.2) is 9.13 Å². The van der Waals surface area contributed by atoms with Crippen molar-refractivity contribution in [2.24, 2.45) is 0 Å². The molecule has 0 N–H and O–H groups in total. The highest BCUT2D eigenvalue weighted by molar-refractivity contribution is 6.32. The quantitative estimate of drug-likeness (QED) is 0.166. The standard InChI is InChI=1S/C50H32N2/c1-2-11-33(12-3-1)34-21-25-39(26-22-34)52-48-28-24-37(32-45(48)49-43-18-8-6-16-41(43)42-17-7-9-19-44(42)50(49)52)36-23-27-46-38(31-36)29-30-51(46)47-20-10-14-35-13-4-5-15-40(35)47/h1-32H. The zero-order valence-corrected chi connectivity index (χ0v) is 28.4. The van der Waals surface area contributed by atoms with E-state index in [0.29, 0.717) is 0 Å². The molecule has 0 aliphatic heterocycles. The van der Waals surface area contributed by atoms with E-state index >= 15 is 0 Å². The summed E-state index contributed by atoms with van der Waals surface area (Å²) in [6, 6.07) is 68.8. The van der Waals surface area contributed by atoms with E-state index in [9.17, 15) is 0 Å². The summed E-state index contributed by atoms with van der Waals surface area (Å²) >= 11 is 0. The third-order valence-corrected chi connectivity index (χ3v) is 10.9. The first-order valence-corrected chi connectivity index (χ1v) is 17.9. The zero-order chi connectivity index (χ0) is 34.2. The molecule has 2 heteroatoms. The molecule has 52 heavy (non-hydrogen) atoms. The van der Waals surface area contributed by atoms with E-state index in [-0.39, 0.29) is 0 Å². The second-order valence-corrected chi connectivity index (χ2v) is 13.8. The fourth-order valence-electron chi connectivity index (χ4n) is 8.51. The minimum absolute atomic E-state index is 1.16. The lowest BCUT2D eigenvalue weighted by molar-refractivity contribution is 1.14. The first-order valence-electron chi connectivity index (χ1n) is 17.9. The Balaban J connectivity index is 1.13. The third kappa shape index (κ3) is 4.31. The van der Waals surface area contributed by atoms with E-state index in [1.165, 1.54) is 93.0 Å². The van der Waals surface area contributed by atoms with Crippen LogP contribution in [0.15, 0.2) is 194 Å². The van der Waals surface area contributed by atoms with Gasteiger partial charge in [0.2, 0.25) is 0 Å². The van der Waals surface area contributed by atoms with Crippen molar-refractivity contribution in [3.8, 4) is 33.6 Å². The van der Waals surface area contributed by atoms with Crippen LogP contribution in [0.4, 0.5) is 0 Å². The lowest BCUT2D eigenvalue weighted by Crippen LogP contribution is -1.95. The average Bonchev–Trinajstić information content (AvgIpc) is 3.80. The van der Waals surface area contributed by atoms with Gasteiger partial charge in [0.1, 0.15) is 0 Å². The highest BCUT2D eigenvalue weighted by Crippen LogP contribution is 2.44. The molecule has 0 aliphatic rings. The van der Waals surface area contributed by atoms with Gasteiger partial charge < -0.3 is 9.13 Å². The van der Waals surface area contributed by atoms with Crippen LogP contribution >= 0.6 is 0 Å².